The van der Waals surface area contributed by atoms with E-state index in [1.165, 1.54) is 11.8 Å². The van der Waals surface area contributed by atoms with Crippen LogP contribution >= 0.6 is 11.8 Å². The van der Waals surface area contributed by atoms with Crippen molar-refractivity contribution < 1.29 is 9.47 Å². The monoisotopic (exact) mass is 406 g/mol. The van der Waals surface area contributed by atoms with Crippen LogP contribution in [0, 0.1) is 0 Å². The first kappa shape index (κ1) is 17.9. The molecule has 1 aliphatic rings. The quantitative estimate of drug-likeness (QED) is 0.447. The van der Waals surface area contributed by atoms with E-state index in [2.05, 4.69) is 15.5 Å². The Morgan fingerprint density at radius 1 is 1.00 bits per heavy atom. The Morgan fingerprint density at radius 3 is 2.48 bits per heavy atom. The van der Waals surface area contributed by atoms with Crippen LogP contribution in [0.5, 0.6) is 11.5 Å². The topological polar surface area (TPSA) is 87.8 Å². The molecule has 29 heavy (non-hydrogen) atoms. The number of benzene rings is 2. The summed E-state index contributed by atoms with van der Waals surface area (Å²) in [5, 5.41) is 14.6. The second-order valence-corrected chi connectivity index (χ2v) is 7.64. The maximum atomic E-state index is 5.49. The molecule has 0 atom stereocenters. The van der Waals surface area contributed by atoms with Crippen LogP contribution in [0.2, 0.25) is 0 Å². The third kappa shape index (κ3) is 3.38. The van der Waals surface area contributed by atoms with Crippen LogP contribution in [-0.2, 0) is 0 Å². The summed E-state index contributed by atoms with van der Waals surface area (Å²) < 4.78 is 12.8. The molecule has 0 spiro atoms. The zero-order valence-corrected chi connectivity index (χ0v) is 16.8. The van der Waals surface area contributed by atoms with Gasteiger partial charge in [0, 0.05) is 17.0 Å². The van der Waals surface area contributed by atoms with Gasteiger partial charge in [-0.1, -0.05) is 30.3 Å². The molecule has 2 aromatic heterocycles. The largest absolute Gasteiger partial charge is 0.493 e. The molecular formula is C20H18N6O2S. The van der Waals surface area contributed by atoms with Gasteiger partial charge in [0.2, 0.25) is 5.16 Å². The molecule has 0 saturated heterocycles. The average Bonchev–Trinajstić information content (AvgIpc) is 3.51. The van der Waals surface area contributed by atoms with E-state index in [1.54, 1.807) is 14.2 Å². The van der Waals surface area contributed by atoms with Crippen LogP contribution in [0.15, 0.2) is 52.6 Å². The molecule has 9 heteroatoms. The van der Waals surface area contributed by atoms with Gasteiger partial charge in [0.05, 0.1) is 25.8 Å². The van der Waals surface area contributed by atoms with Gasteiger partial charge in [0.15, 0.2) is 17.3 Å². The Hall–Kier alpha value is -3.20. The van der Waals surface area contributed by atoms with Gasteiger partial charge in [-0.15, -0.1) is 5.10 Å². The number of hydrogen-bond acceptors (Lipinski definition) is 8. The number of nitrogens with zero attached hydrogens (tertiary/aromatic N) is 6. The summed E-state index contributed by atoms with van der Waals surface area (Å²) >= 11 is 1.44. The van der Waals surface area contributed by atoms with Crippen molar-refractivity contribution in [3.63, 3.8) is 0 Å². The molecule has 146 valence electrons. The fourth-order valence-corrected chi connectivity index (χ4v) is 4.04. The molecule has 0 bridgehead atoms. The number of tetrazole rings is 1. The van der Waals surface area contributed by atoms with Crippen molar-refractivity contribution in [2.24, 2.45) is 0 Å². The highest BCUT2D eigenvalue weighted by molar-refractivity contribution is 7.99. The maximum Gasteiger partial charge on any atom is 0.215 e. The number of hydrogen-bond donors (Lipinski definition) is 0. The Morgan fingerprint density at radius 2 is 1.76 bits per heavy atom. The SMILES string of the molecule is COc1cc2nc(-c3ccccc3)nc(Sc3nnnn3C3CC3)c2cc1OC. The number of rotatable bonds is 6. The molecule has 1 aliphatic carbocycles. The predicted octanol–water partition coefficient (Wildman–Crippen LogP) is 3.79. The molecule has 8 nitrogen and oxygen atoms in total. The van der Waals surface area contributed by atoms with Crippen molar-refractivity contribution >= 4 is 22.7 Å². The molecule has 5 rings (SSSR count). The van der Waals surface area contributed by atoms with E-state index in [0.717, 1.165) is 39.5 Å². The second kappa shape index (κ2) is 7.32. The Bertz CT molecular complexity index is 1180. The third-order valence-electron chi connectivity index (χ3n) is 4.74. The summed E-state index contributed by atoms with van der Waals surface area (Å²) in [6.07, 6.45) is 2.20. The summed E-state index contributed by atoms with van der Waals surface area (Å²) in [6.45, 7) is 0. The summed E-state index contributed by atoms with van der Waals surface area (Å²) in [4.78, 5) is 9.62. The van der Waals surface area contributed by atoms with E-state index in [0.29, 0.717) is 23.4 Å². The van der Waals surface area contributed by atoms with Gasteiger partial charge in [-0.2, -0.15) is 0 Å². The smallest absolute Gasteiger partial charge is 0.215 e. The Balaban J connectivity index is 1.69. The van der Waals surface area contributed by atoms with Crippen molar-refractivity contribution in [3.8, 4) is 22.9 Å². The molecule has 1 saturated carbocycles. The standard InChI is InChI=1S/C20H18N6O2S/c1-27-16-10-14-15(11-17(16)28-2)21-18(12-6-4-3-5-7-12)22-19(14)29-20-23-24-25-26(20)13-8-9-13/h3-7,10-11,13H,8-9H2,1-2H3. The minimum absolute atomic E-state index is 0.379. The normalized spacial score (nSPS) is 13.6. The summed E-state index contributed by atoms with van der Waals surface area (Å²) in [7, 11) is 3.23. The van der Waals surface area contributed by atoms with E-state index in [4.69, 9.17) is 19.4 Å². The van der Waals surface area contributed by atoms with Crippen molar-refractivity contribution in [2.75, 3.05) is 14.2 Å². The summed E-state index contributed by atoms with van der Waals surface area (Å²) in [5.74, 6) is 1.88. The van der Waals surface area contributed by atoms with Crippen molar-refractivity contribution in [2.45, 2.75) is 29.1 Å². The van der Waals surface area contributed by atoms with Gasteiger partial charge in [0.25, 0.3) is 0 Å². The van der Waals surface area contributed by atoms with Crippen LogP contribution in [0.25, 0.3) is 22.3 Å². The van der Waals surface area contributed by atoms with Crippen LogP contribution in [0.3, 0.4) is 0 Å². The maximum absolute atomic E-state index is 5.49. The fourth-order valence-electron chi connectivity index (χ4n) is 3.11. The highest BCUT2D eigenvalue weighted by atomic mass is 32.2. The van der Waals surface area contributed by atoms with Gasteiger partial charge in [0.1, 0.15) is 5.03 Å². The van der Waals surface area contributed by atoms with Gasteiger partial charge < -0.3 is 9.47 Å². The summed E-state index contributed by atoms with van der Waals surface area (Å²) in [6, 6.07) is 14.0. The van der Waals surface area contributed by atoms with E-state index >= 15 is 0 Å². The minimum atomic E-state index is 0.379. The van der Waals surface area contributed by atoms with Crippen molar-refractivity contribution in [3.05, 3.63) is 42.5 Å². The number of methoxy groups -OCH3 is 2. The van der Waals surface area contributed by atoms with Gasteiger partial charge in [-0.25, -0.2) is 14.6 Å². The van der Waals surface area contributed by atoms with Crippen LogP contribution in [-0.4, -0.2) is 44.4 Å². The predicted molar refractivity (Wildman–Crippen MR) is 108 cm³/mol. The number of aromatic nitrogens is 6. The molecule has 1 fully saturated rings. The first-order chi connectivity index (χ1) is 14.3. The van der Waals surface area contributed by atoms with Crippen LogP contribution < -0.4 is 9.47 Å². The fraction of sp³-hybridized carbons (Fsp3) is 0.250. The molecule has 0 aliphatic heterocycles. The lowest BCUT2D eigenvalue weighted by Gasteiger charge is -2.12. The first-order valence-corrected chi connectivity index (χ1v) is 10.0. The first-order valence-electron chi connectivity index (χ1n) is 9.21. The molecular weight excluding hydrogens is 388 g/mol. The van der Waals surface area contributed by atoms with Gasteiger partial charge in [-0.3, -0.25) is 0 Å². The number of ether oxygens (including phenoxy) is 2. The van der Waals surface area contributed by atoms with Crippen molar-refractivity contribution in [1.82, 2.24) is 30.2 Å². The molecule has 0 unspecified atom stereocenters. The average molecular weight is 406 g/mol. The van der Waals surface area contributed by atoms with E-state index in [9.17, 15) is 0 Å². The lowest BCUT2D eigenvalue weighted by molar-refractivity contribution is 0.355. The molecule has 0 radical (unpaired) electrons. The molecule has 0 amide bonds. The van der Waals surface area contributed by atoms with E-state index in [1.807, 2.05) is 47.1 Å². The highest BCUT2D eigenvalue weighted by Crippen LogP contribution is 2.41. The Kier molecular flexibility index (Phi) is 4.51. The molecule has 0 N–H and O–H groups in total. The molecule has 2 aromatic carbocycles. The van der Waals surface area contributed by atoms with Gasteiger partial charge >= 0.3 is 0 Å². The Labute approximate surface area is 171 Å². The highest BCUT2D eigenvalue weighted by Gasteiger charge is 2.28. The zero-order valence-electron chi connectivity index (χ0n) is 15.9. The van der Waals surface area contributed by atoms with Crippen molar-refractivity contribution in [1.29, 1.82) is 0 Å². The third-order valence-corrected chi connectivity index (χ3v) is 5.70. The van der Waals surface area contributed by atoms with Crippen LogP contribution in [0.1, 0.15) is 18.9 Å². The van der Waals surface area contributed by atoms with E-state index in [-0.39, 0.29) is 0 Å². The van der Waals surface area contributed by atoms with Crippen LogP contribution in [0.4, 0.5) is 0 Å². The lowest BCUT2D eigenvalue weighted by Crippen LogP contribution is -2.00. The molecule has 4 aromatic rings. The second-order valence-electron chi connectivity index (χ2n) is 6.68. The number of fused-ring (bicyclic) bond motifs is 1. The lowest BCUT2D eigenvalue weighted by atomic mass is 10.2. The van der Waals surface area contributed by atoms with E-state index < -0.39 is 0 Å². The summed E-state index contributed by atoms with van der Waals surface area (Å²) in [5.41, 5.74) is 1.71. The van der Waals surface area contributed by atoms with Gasteiger partial charge in [-0.05, 0) is 41.1 Å². The molecule has 2 heterocycles. The zero-order chi connectivity index (χ0) is 19.8. The minimum Gasteiger partial charge on any atom is -0.493 e.